The molecule has 1 saturated heterocycles. The Hall–Kier alpha value is -2.67. The van der Waals surface area contributed by atoms with Crippen molar-refractivity contribution in [1.29, 1.82) is 0 Å². The maximum atomic E-state index is 14.9. The Morgan fingerprint density at radius 1 is 1.28 bits per heavy atom. The highest BCUT2D eigenvalue weighted by Crippen LogP contribution is 2.41. The molecule has 2 aromatic rings. The Kier molecular flexibility index (Phi) is 5.41. The van der Waals surface area contributed by atoms with Crippen molar-refractivity contribution < 1.29 is 9.31 Å². The number of anilines is 2. The number of benzene rings is 2. The average molecular weight is 398 g/mol. The first-order valence-electron chi connectivity index (χ1n) is 10.2. The lowest BCUT2D eigenvalue weighted by molar-refractivity contribution is -0.384. The molecule has 0 bridgehead atoms. The molecule has 0 radical (unpaired) electrons. The van der Waals surface area contributed by atoms with E-state index < -0.39 is 10.7 Å². The molecule has 0 spiro atoms. The first-order valence-corrected chi connectivity index (χ1v) is 10.2. The van der Waals surface area contributed by atoms with Gasteiger partial charge in [-0.2, -0.15) is 0 Å². The van der Waals surface area contributed by atoms with E-state index in [0.29, 0.717) is 29.5 Å². The molecule has 1 aliphatic heterocycles. The van der Waals surface area contributed by atoms with Gasteiger partial charge in [0, 0.05) is 37.3 Å². The average Bonchev–Trinajstić information content (AvgIpc) is 3.38. The molecule has 1 unspecified atom stereocenters. The number of rotatable bonds is 7. The second kappa shape index (κ2) is 7.99. The van der Waals surface area contributed by atoms with Crippen molar-refractivity contribution >= 4 is 17.1 Å². The summed E-state index contributed by atoms with van der Waals surface area (Å²) in [5, 5.41) is 14.7. The molecule has 0 aromatic heterocycles. The zero-order chi connectivity index (χ0) is 20.5. The number of nitrogens with one attached hydrogen (secondary N) is 1. The highest BCUT2D eigenvalue weighted by Gasteiger charge is 2.33. The van der Waals surface area contributed by atoms with Gasteiger partial charge in [-0.1, -0.05) is 30.3 Å². The van der Waals surface area contributed by atoms with Crippen molar-refractivity contribution in [2.45, 2.75) is 44.8 Å². The minimum absolute atomic E-state index is 0.174. The maximum Gasteiger partial charge on any atom is 0.295 e. The smallest absolute Gasteiger partial charge is 0.295 e. The van der Waals surface area contributed by atoms with Gasteiger partial charge in [-0.25, -0.2) is 4.39 Å². The Labute approximate surface area is 170 Å². The van der Waals surface area contributed by atoms with Crippen LogP contribution in [0.1, 0.15) is 30.4 Å². The van der Waals surface area contributed by atoms with E-state index >= 15 is 0 Å². The molecule has 1 aliphatic carbocycles. The normalized spacial score (nSPS) is 19.0. The summed E-state index contributed by atoms with van der Waals surface area (Å²) in [6, 6.07) is 11.9. The van der Waals surface area contributed by atoms with Crippen LogP contribution in [0.25, 0.3) is 0 Å². The van der Waals surface area contributed by atoms with Crippen LogP contribution in [0.4, 0.5) is 21.5 Å². The van der Waals surface area contributed by atoms with E-state index in [-0.39, 0.29) is 11.7 Å². The number of nitro groups is 1. The first-order chi connectivity index (χ1) is 13.9. The molecular formula is C22H27FN4O2. The Balaban J connectivity index is 1.54. The second-order valence-electron chi connectivity index (χ2n) is 8.19. The summed E-state index contributed by atoms with van der Waals surface area (Å²) in [7, 11) is 2.10. The molecule has 1 saturated carbocycles. The van der Waals surface area contributed by atoms with Gasteiger partial charge >= 0.3 is 0 Å². The fourth-order valence-electron chi connectivity index (χ4n) is 4.20. The van der Waals surface area contributed by atoms with Crippen LogP contribution < -0.4 is 10.2 Å². The van der Waals surface area contributed by atoms with Crippen LogP contribution in [0.5, 0.6) is 0 Å². The highest BCUT2D eigenvalue weighted by atomic mass is 19.1. The van der Waals surface area contributed by atoms with Gasteiger partial charge in [-0.15, -0.1) is 0 Å². The molecule has 1 atom stereocenters. The summed E-state index contributed by atoms with van der Waals surface area (Å²) in [6.07, 6.45) is 2.93. The number of hydrogen-bond acceptors (Lipinski definition) is 5. The van der Waals surface area contributed by atoms with Crippen molar-refractivity contribution in [3.63, 3.8) is 0 Å². The third-order valence-electron chi connectivity index (χ3n) is 5.98. The van der Waals surface area contributed by atoms with E-state index in [2.05, 4.69) is 29.4 Å². The van der Waals surface area contributed by atoms with Gasteiger partial charge in [-0.3, -0.25) is 15.0 Å². The third kappa shape index (κ3) is 4.19. The van der Waals surface area contributed by atoms with Crippen LogP contribution in [-0.2, 0) is 6.54 Å². The summed E-state index contributed by atoms with van der Waals surface area (Å²) < 4.78 is 14.9. The van der Waals surface area contributed by atoms with Crippen molar-refractivity contribution in [2.75, 3.05) is 30.4 Å². The standard InChI is InChI=1S/C22H27FN4O2/c1-15-21(24-17-8-9-17)20(27(28)29)12-19(23)22(15)26-11-10-18(14-26)25(2)13-16-6-4-3-5-7-16/h3-7,12,17-18,24H,8-11,13-14H2,1-2H3. The third-order valence-corrected chi connectivity index (χ3v) is 5.98. The molecule has 29 heavy (non-hydrogen) atoms. The van der Waals surface area contributed by atoms with Crippen LogP contribution in [0.15, 0.2) is 36.4 Å². The molecular weight excluding hydrogens is 371 g/mol. The summed E-state index contributed by atoms with van der Waals surface area (Å²) in [4.78, 5) is 15.3. The van der Waals surface area contributed by atoms with Crippen LogP contribution in [0, 0.1) is 22.9 Å². The quantitative estimate of drug-likeness (QED) is 0.556. The van der Waals surface area contributed by atoms with Crippen molar-refractivity contribution in [3.8, 4) is 0 Å². The van der Waals surface area contributed by atoms with Crippen LogP contribution in [-0.4, -0.2) is 42.0 Å². The Morgan fingerprint density at radius 3 is 2.66 bits per heavy atom. The fourth-order valence-corrected chi connectivity index (χ4v) is 4.20. The molecule has 0 amide bonds. The summed E-state index contributed by atoms with van der Waals surface area (Å²) >= 11 is 0. The lowest BCUT2D eigenvalue weighted by atomic mass is 10.1. The number of nitrogens with zero attached hydrogens (tertiary/aromatic N) is 3. The van der Waals surface area contributed by atoms with Gasteiger partial charge in [0.2, 0.25) is 0 Å². The zero-order valence-electron chi connectivity index (χ0n) is 16.9. The molecule has 154 valence electrons. The predicted octanol–water partition coefficient (Wildman–Crippen LogP) is 4.33. The summed E-state index contributed by atoms with van der Waals surface area (Å²) in [5.74, 6) is -0.512. The van der Waals surface area contributed by atoms with E-state index in [9.17, 15) is 14.5 Å². The van der Waals surface area contributed by atoms with Crippen LogP contribution >= 0.6 is 0 Å². The summed E-state index contributed by atoms with van der Waals surface area (Å²) in [5.41, 5.74) is 2.67. The number of likely N-dealkylation sites (N-methyl/N-ethyl adjacent to an activating group) is 1. The van der Waals surface area contributed by atoms with Gasteiger partial charge in [0.25, 0.3) is 5.69 Å². The van der Waals surface area contributed by atoms with Gasteiger partial charge in [0.05, 0.1) is 16.7 Å². The lowest BCUT2D eigenvalue weighted by Crippen LogP contribution is -2.34. The van der Waals surface area contributed by atoms with E-state index in [0.717, 1.165) is 38.4 Å². The van der Waals surface area contributed by atoms with Gasteiger partial charge in [-0.05, 0) is 38.8 Å². The topological polar surface area (TPSA) is 61.7 Å². The SMILES string of the molecule is Cc1c(NC2CC2)c([N+](=O)[O-])cc(F)c1N1CCC(N(C)Cc2ccccc2)C1. The van der Waals surface area contributed by atoms with Gasteiger partial charge < -0.3 is 10.2 Å². The van der Waals surface area contributed by atoms with E-state index in [1.807, 2.05) is 23.1 Å². The van der Waals surface area contributed by atoms with E-state index in [4.69, 9.17) is 0 Å². The van der Waals surface area contributed by atoms with E-state index in [1.165, 1.54) is 5.56 Å². The first kappa shape index (κ1) is 19.6. The largest absolute Gasteiger partial charge is 0.376 e. The molecule has 1 N–H and O–H groups in total. The molecule has 2 aliphatic rings. The van der Waals surface area contributed by atoms with Crippen LogP contribution in [0.3, 0.4) is 0 Å². The number of nitro benzene ring substituents is 1. The molecule has 7 heteroatoms. The van der Waals surface area contributed by atoms with Crippen molar-refractivity contribution in [2.24, 2.45) is 0 Å². The van der Waals surface area contributed by atoms with E-state index in [1.54, 1.807) is 6.92 Å². The minimum atomic E-state index is -0.512. The maximum absolute atomic E-state index is 14.9. The predicted molar refractivity (Wildman–Crippen MR) is 113 cm³/mol. The highest BCUT2D eigenvalue weighted by molar-refractivity contribution is 5.76. The Morgan fingerprint density at radius 2 is 2.00 bits per heavy atom. The summed E-state index contributed by atoms with van der Waals surface area (Å²) in [6.45, 7) is 4.08. The van der Waals surface area contributed by atoms with Crippen molar-refractivity contribution in [1.82, 2.24) is 4.90 Å². The van der Waals surface area contributed by atoms with Gasteiger partial charge in [0.15, 0.2) is 5.82 Å². The second-order valence-corrected chi connectivity index (χ2v) is 8.19. The fraction of sp³-hybridized carbons (Fsp3) is 0.455. The monoisotopic (exact) mass is 398 g/mol. The number of hydrogen-bond donors (Lipinski definition) is 1. The zero-order valence-corrected chi connectivity index (χ0v) is 16.9. The molecule has 2 fully saturated rings. The number of halogens is 1. The molecule has 1 heterocycles. The van der Waals surface area contributed by atoms with Crippen LogP contribution in [0.2, 0.25) is 0 Å². The molecule has 4 rings (SSSR count). The lowest BCUT2D eigenvalue weighted by Gasteiger charge is -2.27. The Bertz CT molecular complexity index is 901. The molecule has 2 aromatic carbocycles. The van der Waals surface area contributed by atoms with Gasteiger partial charge in [0.1, 0.15) is 5.69 Å². The minimum Gasteiger partial charge on any atom is -0.376 e. The molecule has 6 nitrogen and oxygen atoms in total. The van der Waals surface area contributed by atoms with Crippen molar-refractivity contribution in [3.05, 3.63) is 63.5 Å².